The van der Waals surface area contributed by atoms with E-state index in [2.05, 4.69) is 10.2 Å². The summed E-state index contributed by atoms with van der Waals surface area (Å²) in [6.45, 7) is 0. The predicted octanol–water partition coefficient (Wildman–Crippen LogP) is 3.56. The number of hydrogen-bond acceptors (Lipinski definition) is 3. The molecule has 0 amide bonds. The molecule has 0 radical (unpaired) electrons. The van der Waals surface area contributed by atoms with Crippen LogP contribution < -0.4 is 0 Å². The van der Waals surface area contributed by atoms with Gasteiger partial charge >= 0.3 is 0 Å². The van der Waals surface area contributed by atoms with Crippen molar-refractivity contribution in [1.29, 1.82) is 0 Å². The third kappa shape index (κ3) is 1.66. The lowest BCUT2D eigenvalue weighted by molar-refractivity contribution is 0.629. The SMILES string of the molecule is O=Nc1ccc(-n2ccc3cc(F)ccc32)nc1. The monoisotopic (exact) mass is 241 g/mol. The molecule has 0 aliphatic heterocycles. The molecule has 3 aromatic rings. The van der Waals surface area contributed by atoms with Crippen LogP contribution in [0.5, 0.6) is 0 Å². The van der Waals surface area contributed by atoms with Gasteiger partial charge in [0.1, 0.15) is 17.3 Å². The molecule has 3 rings (SSSR count). The maximum absolute atomic E-state index is 13.1. The molecule has 2 aromatic heterocycles. The van der Waals surface area contributed by atoms with E-state index in [-0.39, 0.29) is 11.5 Å². The van der Waals surface area contributed by atoms with Crippen LogP contribution in [0.4, 0.5) is 10.1 Å². The highest BCUT2D eigenvalue weighted by Crippen LogP contribution is 2.21. The van der Waals surface area contributed by atoms with Gasteiger partial charge in [0.05, 0.1) is 11.7 Å². The molecule has 0 aliphatic carbocycles. The predicted molar refractivity (Wildman–Crippen MR) is 66.5 cm³/mol. The summed E-state index contributed by atoms with van der Waals surface area (Å²) in [6.07, 6.45) is 3.21. The van der Waals surface area contributed by atoms with Crippen LogP contribution in [0.25, 0.3) is 16.7 Å². The molecule has 5 heteroatoms. The van der Waals surface area contributed by atoms with Crippen LogP contribution in [0.1, 0.15) is 0 Å². The van der Waals surface area contributed by atoms with Crippen LogP contribution in [0.2, 0.25) is 0 Å². The molecule has 0 spiro atoms. The molecule has 4 nitrogen and oxygen atoms in total. The zero-order chi connectivity index (χ0) is 12.5. The lowest BCUT2D eigenvalue weighted by Crippen LogP contribution is -1.94. The lowest BCUT2D eigenvalue weighted by Gasteiger charge is -2.03. The average molecular weight is 241 g/mol. The minimum Gasteiger partial charge on any atom is -0.301 e. The Morgan fingerprint density at radius 1 is 1.17 bits per heavy atom. The summed E-state index contributed by atoms with van der Waals surface area (Å²) in [4.78, 5) is 14.5. The average Bonchev–Trinajstić information content (AvgIpc) is 2.81. The smallest absolute Gasteiger partial charge is 0.137 e. The Balaban J connectivity index is 2.15. The fourth-order valence-electron chi connectivity index (χ4n) is 1.89. The van der Waals surface area contributed by atoms with Crippen LogP contribution in [-0.4, -0.2) is 9.55 Å². The van der Waals surface area contributed by atoms with Crippen molar-refractivity contribution in [1.82, 2.24) is 9.55 Å². The van der Waals surface area contributed by atoms with Gasteiger partial charge in [0.2, 0.25) is 0 Å². The molecular formula is C13H8FN3O. The van der Waals surface area contributed by atoms with E-state index >= 15 is 0 Å². The second-order valence-corrected chi connectivity index (χ2v) is 3.85. The lowest BCUT2D eigenvalue weighted by atomic mass is 10.2. The van der Waals surface area contributed by atoms with Crippen molar-refractivity contribution in [2.75, 3.05) is 0 Å². The third-order valence-corrected chi connectivity index (χ3v) is 2.74. The molecule has 2 heterocycles. The topological polar surface area (TPSA) is 47.2 Å². The number of benzene rings is 1. The van der Waals surface area contributed by atoms with E-state index in [0.717, 1.165) is 10.9 Å². The molecule has 0 atom stereocenters. The molecule has 0 saturated carbocycles. The Labute approximate surface area is 102 Å². The summed E-state index contributed by atoms with van der Waals surface area (Å²) in [6, 6.07) is 9.65. The Bertz CT molecular complexity index is 719. The zero-order valence-electron chi connectivity index (χ0n) is 9.25. The summed E-state index contributed by atoms with van der Waals surface area (Å²) in [5, 5.41) is 3.60. The molecule has 0 saturated heterocycles. The van der Waals surface area contributed by atoms with Gasteiger partial charge in [-0.3, -0.25) is 0 Å². The third-order valence-electron chi connectivity index (χ3n) is 2.74. The van der Waals surface area contributed by atoms with E-state index in [4.69, 9.17) is 0 Å². The zero-order valence-corrected chi connectivity index (χ0v) is 9.25. The van der Waals surface area contributed by atoms with Gasteiger partial charge in [-0.15, -0.1) is 4.91 Å². The normalized spacial score (nSPS) is 10.7. The molecule has 0 unspecified atom stereocenters. The van der Waals surface area contributed by atoms with E-state index in [0.29, 0.717) is 5.82 Å². The number of halogens is 1. The molecule has 1 aromatic carbocycles. The fourth-order valence-corrected chi connectivity index (χ4v) is 1.89. The molecule has 0 aliphatic rings. The van der Waals surface area contributed by atoms with Gasteiger partial charge in [0, 0.05) is 11.6 Å². The van der Waals surface area contributed by atoms with Crippen LogP contribution in [0, 0.1) is 10.7 Å². The van der Waals surface area contributed by atoms with Crippen LogP contribution in [0.3, 0.4) is 0 Å². The minimum atomic E-state index is -0.270. The maximum atomic E-state index is 13.1. The molecule has 0 fully saturated rings. The Hall–Kier alpha value is -2.56. The summed E-state index contributed by atoms with van der Waals surface area (Å²) < 4.78 is 14.9. The molecule has 18 heavy (non-hydrogen) atoms. The molecular weight excluding hydrogens is 233 g/mol. The quantitative estimate of drug-likeness (QED) is 0.644. The first-order valence-corrected chi connectivity index (χ1v) is 5.34. The van der Waals surface area contributed by atoms with Crippen molar-refractivity contribution >= 4 is 16.6 Å². The van der Waals surface area contributed by atoms with E-state index in [1.165, 1.54) is 18.3 Å². The van der Waals surface area contributed by atoms with Crippen LogP contribution in [-0.2, 0) is 0 Å². The summed E-state index contributed by atoms with van der Waals surface area (Å²) >= 11 is 0. The number of rotatable bonds is 2. The Morgan fingerprint density at radius 2 is 2.06 bits per heavy atom. The number of fused-ring (bicyclic) bond motifs is 1. The van der Waals surface area contributed by atoms with Gasteiger partial charge in [-0.1, -0.05) is 0 Å². The first-order valence-electron chi connectivity index (χ1n) is 5.34. The van der Waals surface area contributed by atoms with Gasteiger partial charge in [0.25, 0.3) is 0 Å². The van der Waals surface area contributed by atoms with Gasteiger partial charge in [0.15, 0.2) is 0 Å². The number of pyridine rings is 1. The Kier molecular flexibility index (Phi) is 2.37. The van der Waals surface area contributed by atoms with Crippen molar-refractivity contribution in [2.45, 2.75) is 0 Å². The largest absolute Gasteiger partial charge is 0.301 e. The van der Waals surface area contributed by atoms with Crippen molar-refractivity contribution in [3.8, 4) is 5.82 Å². The number of nitroso groups, excluding NO2 is 1. The van der Waals surface area contributed by atoms with Crippen molar-refractivity contribution < 1.29 is 4.39 Å². The first-order chi connectivity index (χ1) is 8.78. The second-order valence-electron chi connectivity index (χ2n) is 3.85. The van der Waals surface area contributed by atoms with Gasteiger partial charge in [-0.05, 0) is 41.6 Å². The number of nitrogens with zero attached hydrogens (tertiary/aromatic N) is 3. The fraction of sp³-hybridized carbons (Fsp3) is 0. The number of hydrogen-bond donors (Lipinski definition) is 0. The van der Waals surface area contributed by atoms with Crippen molar-refractivity contribution in [3.05, 3.63) is 59.5 Å². The van der Waals surface area contributed by atoms with E-state index in [1.54, 1.807) is 24.4 Å². The molecule has 0 N–H and O–H groups in total. The van der Waals surface area contributed by atoms with Crippen molar-refractivity contribution in [3.63, 3.8) is 0 Å². The van der Waals surface area contributed by atoms with E-state index in [9.17, 15) is 9.30 Å². The molecule has 0 bridgehead atoms. The maximum Gasteiger partial charge on any atom is 0.137 e. The van der Waals surface area contributed by atoms with Gasteiger partial charge in [-0.25, -0.2) is 9.37 Å². The molecule has 88 valence electrons. The van der Waals surface area contributed by atoms with Crippen LogP contribution in [0.15, 0.2) is 54.0 Å². The van der Waals surface area contributed by atoms with Crippen LogP contribution >= 0.6 is 0 Å². The highest BCUT2D eigenvalue weighted by molar-refractivity contribution is 5.81. The Morgan fingerprint density at radius 3 is 2.78 bits per heavy atom. The summed E-state index contributed by atoms with van der Waals surface area (Å²) in [5.41, 5.74) is 1.14. The first kappa shape index (κ1) is 10.6. The second kappa shape index (κ2) is 4.03. The summed E-state index contributed by atoms with van der Waals surface area (Å²) in [5.74, 6) is 0.387. The van der Waals surface area contributed by atoms with Crippen molar-refractivity contribution in [2.24, 2.45) is 5.18 Å². The highest BCUT2D eigenvalue weighted by atomic mass is 19.1. The number of aromatic nitrogens is 2. The minimum absolute atomic E-state index is 0.270. The summed E-state index contributed by atoms with van der Waals surface area (Å²) in [7, 11) is 0. The van der Waals surface area contributed by atoms with E-state index < -0.39 is 0 Å². The van der Waals surface area contributed by atoms with Gasteiger partial charge in [-0.2, -0.15) is 0 Å². The van der Waals surface area contributed by atoms with E-state index in [1.807, 2.05) is 10.6 Å². The standard InChI is InChI=1S/C13H8FN3O/c14-10-1-3-12-9(7-10)5-6-17(12)13-4-2-11(16-18)8-15-13/h1-8H. The van der Waals surface area contributed by atoms with Gasteiger partial charge < -0.3 is 4.57 Å². The highest BCUT2D eigenvalue weighted by Gasteiger charge is 2.05.